The fourth-order valence-corrected chi connectivity index (χ4v) is 4.55. The SMILES string of the molecule is COc1ccc(N[C@H]2CCCC[C@H]2NS(=O)(=O)c2ccccc2)cc1. The number of nitrogens with one attached hydrogen (secondary N) is 2. The molecule has 2 N–H and O–H groups in total. The van der Waals surface area contributed by atoms with Crippen molar-refractivity contribution in [1.82, 2.24) is 4.72 Å². The summed E-state index contributed by atoms with van der Waals surface area (Å²) < 4.78 is 33.3. The molecule has 2 atom stereocenters. The molecule has 0 radical (unpaired) electrons. The average molecular weight is 360 g/mol. The molecule has 3 rings (SSSR count). The molecule has 1 saturated carbocycles. The summed E-state index contributed by atoms with van der Waals surface area (Å²) in [5.74, 6) is 0.801. The van der Waals surface area contributed by atoms with E-state index < -0.39 is 10.0 Å². The maximum atomic E-state index is 12.6. The van der Waals surface area contributed by atoms with Crippen molar-refractivity contribution in [3.8, 4) is 5.75 Å². The minimum absolute atomic E-state index is 0.0700. The van der Waals surface area contributed by atoms with E-state index in [1.807, 2.05) is 30.3 Å². The zero-order valence-corrected chi connectivity index (χ0v) is 15.1. The Balaban J connectivity index is 1.72. The summed E-state index contributed by atoms with van der Waals surface area (Å²) in [6.07, 6.45) is 3.90. The molecule has 1 aliphatic carbocycles. The van der Waals surface area contributed by atoms with E-state index in [2.05, 4.69) is 10.0 Å². The molecule has 0 spiro atoms. The van der Waals surface area contributed by atoms with Gasteiger partial charge in [-0.3, -0.25) is 0 Å². The Bertz CT molecular complexity index is 776. The Labute approximate surface area is 149 Å². The highest BCUT2D eigenvalue weighted by molar-refractivity contribution is 7.89. The normalized spacial score (nSPS) is 20.8. The molecule has 5 nitrogen and oxygen atoms in total. The summed E-state index contributed by atoms with van der Waals surface area (Å²) in [5, 5.41) is 3.47. The van der Waals surface area contributed by atoms with Crippen LogP contribution in [0.2, 0.25) is 0 Å². The first kappa shape index (κ1) is 17.8. The Hall–Kier alpha value is -2.05. The van der Waals surface area contributed by atoms with Crippen LogP contribution in [0.4, 0.5) is 5.69 Å². The summed E-state index contributed by atoms with van der Waals surface area (Å²) in [4.78, 5) is 0.309. The average Bonchev–Trinajstić information content (AvgIpc) is 2.64. The van der Waals surface area contributed by atoms with Gasteiger partial charge in [-0.1, -0.05) is 31.0 Å². The van der Waals surface area contributed by atoms with E-state index >= 15 is 0 Å². The van der Waals surface area contributed by atoms with Crippen molar-refractivity contribution in [2.45, 2.75) is 42.7 Å². The second kappa shape index (κ2) is 7.89. The molecule has 0 amide bonds. The second-order valence-corrected chi connectivity index (χ2v) is 8.02. The summed E-state index contributed by atoms with van der Waals surface area (Å²) in [7, 11) is -1.87. The second-order valence-electron chi connectivity index (χ2n) is 6.30. The van der Waals surface area contributed by atoms with Gasteiger partial charge < -0.3 is 10.1 Å². The molecule has 0 aromatic heterocycles. The topological polar surface area (TPSA) is 67.4 Å². The molecule has 0 heterocycles. The highest BCUT2D eigenvalue weighted by atomic mass is 32.2. The van der Waals surface area contributed by atoms with Crippen molar-refractivity contribution < 1.29 is 13.2 Å². The van der Waals surface area contributed by atoms with E-state index in [0.717, 1.165) is 37.1 Å². The number of methoxy groups -OCH3 is 1. The van der Waals surface area contributed by atoms with E-state index in [1.165, 1.54) is 0 Å². The number of anilines is 1. The lowest BCUT2D eigenvalue weighted by Crippen LogP contribution is -2.48. The van der Waals surface area contributed by atoms with E-state index in [0.29, 0.717) is 4.90 Å². The van der Waals surface area contributed by atoms with Crippen molar-refractivity contribution in [2.75, 3.05) is 12.4 Å². The van der Waals surface area contributed by atoms with E-state index in [9.17, 15) is 8.42 Å². The Kier molecular flexibility index (Phi) is 5.60. The highest BCUT2D eigenvalue weighted by Crippen LogP contribution is 2.25. The van der Waals surface area contributed by atoms with Crippen molar-refractivity contribution in [3.05, 3.63) is 54.6 Å². The van der Waals surface area contributed by atoms with Crippen LogP contribution in [0.1, 0.15) is 25.7 Å². The van der Waals surface area contributed by atoms with E-state index in [-0.39, 0.29) is 12.1 Å². The van der Waals surface area contributed by atoms with Gasteiger partial charge in [0.05, 0.1) is 12.0 Å². The lowest BCUT2D eigenvalue weighted by atomic mass is 9.91. The summed E-state index contributed by atoms with van der Waals surface area (Å²) in [6.45, 7) is 0. The van der Waals surface area contributed by atoms with Gasteiger partial charge in [-0.05, 0) is 49.2 Å². The van der Waals surface area contributed by atoms with Gasteiger partial charge in [-0.15, -0.1) is 0 Å². The van der Waals surface area contributed by atoms with Gasteiger partial charge >= 0.3 is 0 Å². The number of benzene rings is 2. The van der Waals surface area contributed by atoms with Gasteiger partial charge in [-0.25, -0.2) is 13.1 Å². The van der Waals surface area contributed by atoms with Crippen LogP contribution in [0.15, 0.2) is 59.5 Å². The molecule has 0 aliphatic heterocycles. The van der Waals surface area contributed by atoms with Gasteiger partial charge in [0, 0.05) is 17.8 Å². The van der Waals surface area contributed by atoms with Crippen LogP contribution in [-0.2, 0) is 10.0 Å². The van der Waals surface area contributed by atoms with Gasteiger partial charge in [0.15, 0.2) is 0 Å². The number of sulfonamides is 1. The third kappa shape index (κ3) is 4.52. The lowest BCUT2D eigenvalue weighted by molar-refractivity contribution is 0.378. The van der Waals surface area contributed by atoms with Gasteiger partial charge in [0.1, 0.15) is 5.75 Å². The fourth-order valence-electron chi connectivity index (χ4n) is 3.21. The minimum Gasteiger partial charge on any atom is -0.497 e. The molecule has 2 aromatic carbocycles. The van der Waals surface area contributed by atoms with Crippen LogP contribution < -0.4 is 14.8 Å². The molecule has 2 aromatic rings. The highest BCUT2D eigenvalue weighted by Gasteiger charge is 2.29. The van der Waals surface area contributed by atoms with E-state index in [1.54, 1.807) is 31.4 Å². The minimum atomic E-state index is -3.51. The first-order valence-electron chi connectivity index (χ1n) is 8.56. The van der Waals surface area contributed by atoms with Crippen LogP contribution in [0.3, 0.4) is 0 Å². The molecule has 0 unspecified atom stereocenters. The monoisotopic (exact) mass is 360 g/mol. The van der Waals surface area contributed by atoms with Crippen LogP contribution in [0, 0.1) is 0 Å². The van der Waals surface area contributed by atoms with Crippen LogP contribution >= 0.6 is 0 Å². The smallest absolute Gasteiger partial charge is 0.240 e. The van der Waals surface area contributed by atoms with Crippen LogP contribution in [0.5, 0.6) is 5.75 Å². The molecule has 1 aliphatic rings. The molecular weight excluding hydrogens is 336 g/mol. The number of ether oxygens (including phenoxy) is 1. The zero-order valence-electron chi connectivity index (χ0n) is 14.3. The van der Waals surface area contributed by atoms with E-state index in [4.69, 9.17) is 4.74 Å². The van der Waals surface area contributed by atoms with Gasteiger partial charge in [0.2, 0.25) is 10.0 Å². The molecule has 6 heteroatoms. The molecule has 0 saturated heterocycles. The largest absolute Gasteiger partial charge is 0.497 e. The van der Waals surface area contributed by atoms with Crippen molar-refractivity contribution in [3.63, 3.8) is 0 Å². The third-order valence-electron chi connectivity index (χ3n) is 4.57. The van der Waals surface area contributed by atoms with Crippen molar-refractivity contribution >= 4 is 15.7 Å². The quantitative estimate of drug-likeness (QED) is 0.828. The Morgan fingerprint density at radius 1 is 0.920 bits per heavy atom. The summed E-state index contributed by atoms with van der Waals surface area (Å²) >= 11 is 0. The molecule has 1 fully saturated rings. The summed E-state index contributed by atoms with van der Waals surface area (Å²) in [5.41, 5.74) is 0.969. The van der Waals surface area contributed by atoms with Crippen molar-refractivity contribution in [1.29, 1.82) is 0 Å². The standard InChI is InChI=1S/C19H24N2O3S/c1-24-16-13-11-15(12-14-16)20-18-9-5-6-10-19(18)21-25(22,23)17-7-3-2-4-8-17/h2-4,7-8,11-14,18-21H,5-6,9-10H2,1H3/t18-,19+/m0/s1. The predicted octanol–water partition coefficient (Wildman–Crippen LogP) is 3.40. The maximum absolute atomic E-state index is 12.6. The molecular formula is C19H24N2O3S. The first-order valence-corrected chi connectivity index (χ1v) is 10.0. The fraction of sp³-hybridized carbons (Fsp3) is 0.368. The van der Waals surface area contributed by atoms with Gasteiger partial charge in [0.25, 0.3) is 0 Å². The number of rotatable bonds is 6. The number of hydrogen-bond acceptors (Lipinski definition) is 4. The van der Waals surface area contributed by atoms with Crippen LogP contribution in [0.25, 0.3) is 0 Å². The lowest BCUT2D eigenvalue weighted by Gasteiger charge is -2.33. The maximum Gasteiger partial charge on any atom is 0.240 e. The number of hydrogen-bond donors (Lipinski definition) is 2. The van der Waals surface area contributed by atoms with Crippen molar-refractivity contribution in [2.24, 2.45) is 0 Å². The van der Waals surface area contributed by atoms with Gasteiger partial charge in [-0.2, -0.15) is 0 Å². The Morgan fingerprint density at radius 3 is 2.20 bits per heavy atom. The molecule has 134 valence electrons. The first-order chi connectivity index (χ1) is 12.1. The molecule has 25 heavy (non-hydrogen) atoms. The summed E-state index contributed by atoms with van der Waals surface area (Å²) in [6, 6.07) is 16.2. The zero-order chi connectivity index (χ0) is 17.7. The predicted molar refractivity (Wildman–Crippen MR) is 99.4 cm³/mol. The van der Waals surface area contributed by atoms with Crippen LogP contribution in [-0.4, -0.2) is 27.6 Å². The third-order valence-corrected chi connectivity index (χ3v) is 6.07. The Morgan fingerprint density at radius 2 is 1.56 bits per heavy atom. The molecule has 0 bridgehead atoms.